The molecule has 0 spiro atoms. The third-order valence-corrected chi connectivity index (χ3v) is 3.93. The first-order valence-electron chi connectivity index (χ1n) is 7.68. The fourth-order valence-corrected chi connectivity index (χ4v) is 2.89. The highest BCUT2D eigenvalue weighted by atomic mass is 15.3. The summed E-state index contributed by atoms with van der Waals surface area (Å²) in [6.45, 7) is 4.06. The maximum Gasteiger partial charge on any atom is 0.160 e. The standard InChI is InChI=1S/C17H23N5/c1-12-15-16(18-10-7-11-21(2)3)13-8-5-6-9-14(13)19-17(15)22(4)20-12/h5-6,8-9H,7,10-11H2,1-4H3,(H,18,19). The number of nitrogens with one attached hydrogen (secondary N) is 1. The van der Waals surface area contributed by atoms with Crippen LogP contribution in [0.5, 0.6) is 0 Å². The Labute approximate surface area is 130 Å². The lowest BCUT2D eigenvalue weighted by molar-refractivity contribution is 0.405. The van der Waals surface area contributed by atoms with Gasteiger partial charge in [0.25, 0.3) is 0 Å². The van der Waals surface area contributed by atoms with Crippen LogP contribution in [-0.2, 0) is 7.05 Å². The predicted octanol–water partition coefficient (Wildman–Crippen LogP) is 2.79. The molecule has 1 aromatic carbocycles. The van der Waals surface area contributed by atoms with Gasteiger partial charge < -0.3 is 10.2 Å². The van der Waals surface area contributed by atoms with E-state index >= 15 is 0 Å². The third-order valence-electron chi connectivity index (χ3n) is 3.93. The van der Waals surface area contributed by atoms with E-state index in [1.807, 2.05) is 24.7 Å². The van der Waals surface area contributed by atoms with E-state index in [4.69, 9.17) is 4.98 Å². The van der Waals surface area contributed by atoms with Gasteiger partial charge in [0.2, 0.25) is 0 Å². The van der Waals surface area contributed by atoms with Gasteiger partial charge in [-0.3, -0.25) is 4.68 Å². The molecule has 0 aliphatic heterocycles. The van der Waals surface area contributed by atoms with Gasteiger partial charge in [-0.25, -0.2) is 4.98 Å². The first-order valence-corrected chi connectivity index (χ1v) is 7.68. The van der Waals surface area contributed by atoms with Crippen LogP contribution in [0.3, 0.4) is 0 Å². The van der Waals surface area contributed by atoms with Crippen LogP contribution in [0.15, 0.2) is 24.3 Å². The first kappa shape index (κ1) is 14.8. The fourth-order valence-electron chi connectivity index (χ4n) is 2.89. The van der Waals surface area contributed by atoms with Crippen LogP contribution in [0, 0.1) is 6.92 Å². The zero-order chi connectivity index (χ0) is 15.7. The summed E-state index contributed by atoms with van der Waals surface area (Å²) in [5, 5.41) is 10.4. The zero-order valence-corrected chi connectivity index (χ0v) is 13.7. The number of pyridine rings is 1. The summed E-state index contributed by atoms with van der Waals surface area (Å²) in [6, 6.07) is 8.28. The van der Waals surface area contributed by atoms with Crippen molar-refractivity contribution >= 4 is 27.6 Å². The van der Waals surface area contributed by atoms with E-state index in [2.05, 4.69) is 47.6 Å². The number of hydrogen-bond donors (Lipinski definition) is 1. The Kier molecular flexibility index (Phi) is 3.98. The van der Waals surface area contributed by atoms with Crippen molar-refractivity contribution in [2.45, 2.75) is 13.3 Å². The van der Waals surface area contributed by atoms with Gasteiger partial charge in [0.05, 0.1) is 22.3 Å². The lowest BCUT2D eigenvalue weighted by Crippen LogP contribution is -2.16. The van der Waals surface area contributed by atoms with Crippen LogP contribution in [0.4, 0.5) is 5.69 Å². The van der Waals surface area contributed by atoms with E-state index in [-0.39, 0.29) is 0 Å². The molecule has 5 heteroatoms. The van der Waals surface area contributed by atoms with Crippen molar-refractivity contribution in [2.24, 2.45) is 7.05 Å². The molecule has 0 unspecified atom stereocenters. The van der Waals surface area contributed by atoms with Gasteiger partial charge in [-0.2, -0.15) is 5.10 Å². The second-order valence-electron chi connectivity index (χ2n) is 6.00. The van der Waals surface area contributed by atoms with Crippen LogP contribution in [0.25, 0.3) is 21.9 Å². The molecule has 2 heterocycles. The van der Waals surface area contributed by atoms with Gasteiger partial charge in [0.15, 0.2) is 5.65 Å². The van der Waals surface area contributed by atoms with Gasteiger partial charge in [-0.1, -0.05) is 18.2 Å². The Morgan fingerprint density at radius 3 is 2.77 bits per heavy atom. The van der Waals surface area contributed by atoms with Gasteiger partial charge >= 0.3 is 0 Å². The van der Waals surface area contributed by atoms with Crippen LogP contribution in [0.2, 0.25) is 0 Å². The minimum Gasteiger partial charge on any atom is -0.384 e. The van der Waals surface area contributed by atoms with Crippen molar-refractivity contribution in [1.82, 2.24) is 19.7 Å². The quantitative estimate of drug-likeness (QED) is 0.736. The average Bonchev–Trinajstić information content (AvgIpc) is 2.77. The molecule has 1 N–H and O–H groups in total. The number of rotatable bonds is 5. The molecule has 116 valence electrons. The summed E-state index contributed by atoms with van der Waals surface area (Å²) in [7, 11) is 6.16. The monoisotopic (exact) mass is 297 g/mol. The number of aromatic nitrogens is 3. The van der Waals surface area contributed by atoms with E-state index in [1.165, 1.54) is 0 Å². The van der Waals surface area contributed by atoms with Gasteiger partial charge in [-0.15, -0.1) is 0 Å². The van der Waals surface area contributed by atoms with Gasteiger partial charge in [0.1, 0.15) is 0 Å². The Balaban J connectivity index is 2.06. The first-order chi connectivity index (χ1) is 10.6. The molecule has 5 nitrogen and oxygen atoms in total. The highest BCUT2D eigenvalue weighted by Crippen LogP contribution is 2.32. The largest absolute Gasteiger partial charge is 0.384 e. The van der Waals surface area contributed by atoms with E-state index in [0.29, 0.717) is 0 Å². The molecule has 0 amide bonds. The average molecular weight is 297 g/mol. The van der Waals surface area contributed by atoms with Gasteiger partial charge in [0, 0.05) is 19.0 Å². The van der Waals surface area contributed by atoms with Crippen molar-refractivity contribution in [3.8, 4) is 0 Å². The second-order valence-corrected chi connectivity index (χ2v) is 6.00. The molecular formula is C17H23N5. The maximum absolute atomic E-state index is 4.77. The minimum absolute atomic E-state index is 0.936. The van der Waals surface area contributed by atoms with Crippen LogP contribution >= 0.6 is 0 Å². The predicted molar refractivity (Wildman–Crippen MR) is 92.4 cm³/mol. The summed E-state index contributed by atoms with van der Waals surface area (Å²) in [5.41, 5.74) is 4.12. The van der Waals surface area contributed by atoms with E-state index in [9.17, 15) is 0 Å². The molecule has 0 fully saturated rings. The minimum atomic E-state index is 0.936. The number of para-hydroxylation sites is 1. The molecule has 0 aliphatic carbocycles. The molecule has 0 radical (unpaired) electrons. The van der Waals surface area contributed by atoms with Crippen LogP contribution in [0.1, 0.15) is 12.1 Å². The summed E-state index contributed by atoms with van der Waals surface area (Å²) in [5.74, 6) is 0. The van der Waals surface area contributed by atoms with Crippen molar-refractivity contribution in [3.05, 3.63) is 30.0 Å². The number of anilines is 1. The Hall–Kier alpha value is -2.14. The normalized spacial score (nSPS) is 11.7. The molecule has 22 heavy (non-hydrogen) atoms. The summed E-state index contributed by atoms with van der Waals surface area (Å²) in [4.78, 5) is 6.97. The molecule has 3 aromatic rings. The number of fused-ring (bicyclic) bond motifs is 2. The highest BCUT2D eigenvalue weighted by molar-refractivity contribution is 6.07. The SMILES string of the molecule is Cc1nn(C)c2nc3ccccc3c(NCCCN(C)C)c12. The van der Waals surface area contributed by atoms with E-state index in [1.54, 1.807) is 0 Å². The zero-order valence-electron chi connectivity index (χ0n) is 13.7. The molecule has 0 aliphatic rings. The smallest absolute Gasteiger partial charge is 0.160 e. The number of aryl methyl sites for hydroxylation is 2. The van der Waals surface area contributed by atoms with E-state index in [0.717, 1.165) is 52.8 Å². The maximum atomic E-state index is 4.77. The fraction of sp³-hybridized carbons (Fsp3) is 0.412. The Morgan fingerprint density at radius 2 is 2.00 bits per heavy atom. The Bertz CT molecular complexity index is 804. The van der Waals surface area contributed by atoms with Gasteiger partial charge in [-0.05, 0) is 40.1 Å². The van der Waals surface area contributed by atoms with Crippen LogP contribution in [-0.4, -0.2) is 46.8 Å². The lowest BCUT2D eigenvalue weighted by atomic mass is 10.1. The number of hydrogen-bond acceptors (Lipinski definition) is 4. The summed E-state index contributed by atoms with van der Waals surface area (Å²) >= 11 is 0. The van der Waals surface area contributed by atoms with Crippen molar-refractivity contribution < 1.29 is 0 Å². The molecular weight excluding hydrogens is 274 g/mol. The van der Waals surface area contributed by atoms with Crippen molar-refractivity contribution in [1.29, 1.82) is 0 Å². The summed E-state index contributed by atoms with van der Waals surface area (Å²) < 4.78 is 1.86. The lowest BCUT2D eigenvalue weighted by Gasteiger charge is -2.13. The summed E-state index contributed by atoms with van der Waals surface area (Å²) in [6.07, 6.45) is 1.10. The third kappa shape index (κ3) is 2.64. The van der Waals surface area contributed by atoms with Crippen molar-refractivity contribution in [2.75, 3.05) is 32.5 Å². The highest BCUT2D eigenvalue weighted by Gasteiger charge is 2.14. The van der Waals surface area contributed by atoms with Crippen molar-refractivity contribution in [3.63, 3.8) is 0 Å². The number of benzene rings is 1. The molecule has 0 atom stereocenters. The Morgan fingerprint density at radius 1 is 1.23 bits per heavy atom. The molecule has 0 saturated carbocycles. The topological polar surface area (TPSA) is 46.0 Å². The molecule has 3 rings (SSSR count). The second kappa shape index (κ2) is 5.93. The molecule has 0 saturated heterocycles. The molecule has 2 aromatic heterocycles. The molecule has 0 bridgehead atoms. The number of nitrogens with zero attached hydrogens (tertiary/aromatic N) is 4. The van der Waals surface area contributed by atoms with E-state index < -0.39 is 0 Å². The van der Waals surface area contributed by atoms with Crippen LogP contribution < -0.4 is 5.32 Å².